The van der Waals surface area contributed by atoms with Gasteiger partial charge in [-0.2, -0.15) is 10.2 Å². The standard InChI is InChI=1S/C20H18FN5/c1-14-12-19(23-11-10-15-6-2-4-8-17(15)21)26-20(24-14)25-18-9-5-3-7-16(18)13-22/h2-9,12H,10-11H2,1H3,(H2,23,24,25,26). The highest BCUT2D eigenvalue weighted by Gasteiger charge is 2.06. The first-order chi connectivity index (χ1) is 12.7. The topological polar surface area (TPSA) is 73.6 Å². The third kappa shape index (κ3) is 4.33. The molecule has 0 aliphatic heterocycles. The molecule has 0 fully saturated rings. The largest absolute Gasteiger partial charge is 0.370 e. The third-order valence-corrected chi connectivity index (χ3v) is 3.81. The Hall–Kier alpha value is -3.46. The Labute approximate surface area is 151 Å². The van der Waals surface area contributed by atoms with E-state index in [1.165, 1.54) is 6.07 Å². The van der Waals surface area contributed by atoms with Crippen LogP contribution in [-0.2, 0) is 6.42 Å². The monoisotopic (exact) mass is 347 g/mol. The quantitative estimate of drug-likeness (QED) is 0.699. The third-order valence-electron chi connectivity index (χ3n) is 3.81. The van der Waals surface area contributed by atoms with Crippen LogP contribution in [0.2, 0.25) is 0 Å². The number of hydrogen-bond donors (Lipinski definition) is 2. The highest BCUT2D eigenvalue weighted by Crippen LogP contribution is 2.19. The molecule has 0 unspecified atom stereocenters. The second-order valence-corrected chi connectivity index (χ2v) is 5.77. The van der Waals surface area contributed by atoms with Crippen molar-refractivity contribution in [1.82, 2.24) is 9.97 Å². The molecule has 0 aliphatic rings. The maximum atomic E-state index is 13.7. The SMILES string of the molecule is Cc1cc(NCCc2ccccc2F)nc(Nc2ccccc2C#N)n1. The van der Waals surface area contributed by atoms with Gasteiger partial charge in [-0.3, -0.25) is 0 Å². The zero-order valence-corrected chi connectivity index (χ0v) is 14.3. The number of benzene rings is 2. The van der Waals surface area contributed by atoms with Crippen LogP contribution in [0.1, 0.15) is 16.8 Å². The van der Waals surface area contributed by atoms with Gasteiger partial charge in [0.25, 0.3) is 0 Å². The van der Waals surface area contributed by atoms with E-state index >= 15 is 0 Å². The number of aromatic nitrogens is 2. The minimum atomic E-state index is -0.205. The average molecular weight is 347 g/mol. The number of para-hydroxylation sites is 1. The number of rotatable bonds is 6. The maximum absolute atomic E-state index is 13.7. The Balaban J connectivity index is 1.70. The number of halogens is 1. The van der Waals surface area contributed by atoms with Crippen LogP contribution >= 0.6 is 0 Å². The Bertz CT molecular complexity index is 949. The second kappa shape index (κ2) is 8.08. The lowest BCUT2D eigenvalue weighted by atomic mass is 10.1. The van der Waals surface area contributed by atoms with Gasteiger partial charge in [-0.25, -0.2) is 9.37 Å². The van der Waals surface area contributed by atoms with Crippen molar-refractivity contribution in [2.45, 2.75) is 13.3 Å². The fourth-order valence-corrected chi connectivity index (χ4v) is 2.55. The Kier molecular flexibility index (Phi) is 5.40. The van der Waals surface area contributed by atoms with Gasteiger partial charge in [-0.15, -0.1) is 0 Å². The van der Waals surface area contributed by atoms with Gasteiger partial charge in [0.15, 0.2) is 0 Å². The lowest BCUT2D eigenvalue weighted by Crippen LogP contribution is -2.09. The van der Waals surface area contributed by atoms with Crippen LogP contribution in [-0.4, -0.2) is 16.5 Å². The zero-order chi connectivity index (χ0) is 18.4. The molecule has 6 heteroatoms. The van der Waals surface area contributed by atoms with Crippen molar-refractivity contribution >= 4 is 17.5 Å². The van der Waals surface area contributed by atoms with E-state index in [9.17, 15) is 9.65 Å². The van der Waals surface area contributed by atoms with Crippen LogP contribution in [0.25, 0.3) is 0 Å². The van der Waals surface area contributed by atoms with Gasteiger partial charge in [0, 0.05) is 18.3 Å². The lowest BCUT2D eigenvalue weighted by Gasteiger charge is -2.11. The Morgan fingerprint density at radius 2 is 1.85 bits per heavy atom. The van der Waals surface area contributed by atoms with Crippen molar-refractivity contribution in [3.8, 4) is 6.07 Å². The van der Waals surface area contributed by atoms with Gasteiger partial charge in [0.1, 0.15) is 17.7 Å². The van der Waals surface area contributed by atoms with E-state index in [2.05, 4.69) is 26.7 Å². The molecule has 0 bridgehead atoms. The molecule has 5 nitrogen and oxygen atoms in total. The van der Waals surface area contributed by atoms with E-state index in [1.54, 1.807) is 30.3 Å². The summed E-state index contributed by atoms with van der Waals surface area (Å²) in [6.07, 6.45) is 0.551. The molecule has 26 heavy (non-hydrogen) atoms. The molecule has 0 radical (unpaired) electrons. The van der Waals surface area contributed by atoms with Crippen LogP contribution in [0.3, 0.4) is 0 Å². The molecule has 1 aromatic heterocycles. The van der Waals surface area contributed by atoms with Crippen LogP contribution < -0.4 is 10.6 Å². The normalized spacial score (nSPS) is 10.2. The zero-order valence-electron chi connectivity index (χ0n) is 14.3. The summed E-state index contributed by atoms with van der Waals surface area (Å²) in [6, 6.07) is 17.9. The van der Waals surface area contributed by atoms with Crippen molar-refractivity contribution < 1.29 is 4.39 Å². The Morgan fingerprint density at radius 3 is 2.65 bits per heavy atom. The summed E-state index contributed by atoms with van der Waals surface area (Å²) in [5.41, 5.74) is 2.61. The number of anilines is 3. The molecular formula is C20H18FN5. The Morgan fingerprint density at radius 1 is 1.08 bits per heavy atom. The first-order valence-corrected chi connectivity index (χ1v) is 8.25. The molecular weight excluding hydrogens is 329 g/mol. The number of aryl methyl sites for hydroxylation is 1. The molecule has 2 N–H and O–H groups in total. The van der Waals surface area contributed by atoms with Gasteiger partial charge < -0.3 is 10.6 Å². The summed E-state index contributed by atoms with van der Waals surface area (Å²) in [4.78, 5) is 8.77. The first kappa shape index (κ1) is 17.4. The molecule has 0 saturated carbocycles. The van der Waals surface area contributed by atoms with Crippen molar-refractivity contribution in [3.63, 3.8) is 0 Å². The van der Waals surface area contributed by atoms with E-state index in [0.29, 0.717) is 41.5 Å². The fourth-order valence-electron chi connectivity index (χ4n) is 2.55. The van der Waals surface area contributed by atoms with Crippen molar-refractivity contribution in [1.29, 1.82) is 5.26 Å². The second-order valence-electron chi connectivity index (χ2n) is 5.77. The minimum absolute atomic E-state index is 0.205. The van der Waals surface area contributed by atoms with Crippen LogP contribution in [0.4, 0.5) is 21.8 Å². The molecule has 3 aromatic rings. The molecule has 1 heterocycles. The smallest absolute Gasteiger partial charge is 0.229 e. The summed E-state index contributed by atoms with van der Waals surface area (Å²) in [6.45, 7) is 2.41. The number of hydrogen-bond acceptors (Lipinski definition) is 5. The van der Waals surface area contributed by atoms with Gasteiger partial charge in [0.05, 0.1) is 11.3 Å². The van der Waals surface area contributed by atoms with Crippen molar-refractivity contribution in [3.05, 3.63) is 77.2 Å². The van der Waals surface area contributed by atoms with Gasteiger partial charge in [-0.1, -0.05) is 30.3 Å². The molecule has 0 spiro atoms. The van der Waals surface area contributed by atoms with E-state index in [0.717, 1.165) is 5.69 Å². The minimum Gasteiger partial charge on any atom is -0.370 e. The molecule has 0 saturated heterocycles. The molecule has 130 valence electrons. The van der Waals surface area contributed by atoms with Crippen LogP contribution in [0.5, 0.6) is 0 Å². The molecule has 0 amide bonds. The highest BCUT2D eigenvalue weighted by atomic mass is 19.1. The molecule has 3 rings (SSSR count). The predicted octanol–water partition coefficient (Wildman–Crippen LogP) is 4.19. The molecule has 0 aliphatic carbocycles. The van der Waals surface area contributed by atoms with Gasteiger partial charge in [-0.05, 0) is 37.1 Å². The number of nitriles is 1. The summed E-state index contributed by atoms with van der Waals surface area (Å²) in [7, 11) is 0. The van der Waals surface area contributed by atoms with Crippen LogP contribution in [0.15, 0.2) is 54.6 Å². The van der Waals surface area contributed by atoms with E-state index < -0.39 is 0 Å². The van der Waals surface area contributed by atoms with Crippen molar-refractivity contribution in [2.24, 2.45) is 0 Å². The summed E-state index contributed by atoms with van der Waals surface area (Å²) < 4.78 is 13.7. The summed E-state index contributed by atoms with van der Waals surface area (Å²) >= 11 is 0. The number of nitrogens with zero attached hydrogens (tertiary/aromatic N) is 3. The summed E-state index contributed by atoms with van der Waals surface area (Å²) in [5.74, 6) is 0.843. The van der Waals surface area contributed by atoms with Gasteiger partial charge in [0.2, 0.25) is 5.95 Å². The van der Waals surface area contributed by atoms with Crippen LogP contribution in [0, 0.1) is 24.1 Å². The summed E-state index contributed by atoms with van der Waals surface area (Å²) in [5, 5.41) is 15.4. The molecule has 2 aromatic carbocycles. The van der Waals surface area contributed by atoms with Gasteiger partial charge >= 0.3 is 0 Å². The molecule has 0 atom stereocenters. The van der Waals surface area contributed by atoms with E-state index in [1.807, 2.05) is 25.1 Å². The first-order valence-electron chi connectivity index (χ1n) is 8.25. The highest BCUT2D eigenvalue weighted by molar-refractivity contribution is 5.63. The van der Waals surface area contributed by atoms with E-state index in [4.69, 9.17) is 0 Å². The lowest BCUT2D eigenvalue weighted by molar-refractivity contribution is 0.610. The average Bonchev–Trinajstić information content (AvgIpc) is 2.63. The number of nitrogens with one attached hydrogen (secondary N) is 2. The maximum Gasteiger partial charge on any atom is 0.229 e. The fraction of sp³-hybridized carbons (Fsp3) is 0.150. The van der Waals surface area contributed by atoms with Crippen molar-refractivity contribution in [2.75, 3.05) is 17.2 Å². The predicted molar refractivity (Wildman–Crippen MR) is 99.8 cm³/mol. The van der Waals surface area contributed by atoms with E-state index in [-0.39, 0.29) is 5.82 Å².